The average molecular weight is 258 g/mol. The highest BCUT2D eigenvalue weighted by atomic mass is 32.2. The first kappa shape index (κ1) is 14.3. The van der Waals surface area contributed by atoms with Crippen molar-refractivity contribution < 1.29 is 8.42 Å². The second-order valence-corrected chi connectivity index (χ2v) is 6.79. The van der Waals surface area contributed by atoms with Crippen LogP contribution in [-0.4, -0.2) is 24.5 Å². The zero-order valence-electron chi connectivity index (χ0n) is 10.6. The summed E-state index contributed by atoms with van der Waals surface area (Å²) >= 11 is 0. The van der Waals surface area contributed by atoms with Gasteiger partial charge in [-0.1, -0.05) is 20.3 Å². The number of rotatable bonds is 7. The van der Waals surface area contributed by atoms with Crippen molar-refractivity contribution in [2.45, 2.75) is 39.3 Å². The molecule has 0 fully saturated rings. The summed E-state index contributed by atoms with van der Waals surface area (Å²) in [6.07, 6.45) is 5.86. The smallest absolute Gasteiger partial charge is 0.151 e. The van der Waals surface area contributed by atoms with E-state index in [1.54, 1.807) is 6.92 Å². The minimum Gasteiger partial charge on any atom is -0.353 e. The monoisotopic (exact) mass is 258 g/mol. The molecule has 0 amide bonds. The van der Waals surface area contributed by atoms with Gasteiger partial charge >= 0.3 is 0 Å². The SMILES string of the molecule is CCCC(N)c1ccn(CCS(=O)(=O)CC)c1. The van der Waals surface area contributed by atoms with E-state index < -0.39 is 9.84 Å². The molecule has 1 heterocycles. The number of sulfone groups is 1. The molecule has 1 aromatic rings. The lowest BCUT2D eigenvalue weighted by molar-refractivity contribution is 0.589. The number of nitrogens with zero attached hydrogens (tertiary/aromatic N) is 1. The van der Waals surface area contributed by atoms with Gasteiger partial charge in [0.05, 0.1) is 5.75 Å². The Balaban J connectivity index is 2.57. The van der Waals surface area contributed by atoms with Crippen molar-refractivity contribution in [1.82, 2.24) is 4.57 Å². The third-order valence-electron chi connectivity index (χ3n) is 2.90. The van der Waals surface area contributed by atoms with E-state index in [1.807, 2.05) is 23.0 Å². The van der Waals surface area contributed by atoms with E-state index in [0.717, 1.165) is 18.4 Å². The predicted molar refractivity (Wildman–Crippen MR) is 70.6 cm³/mol. The van der Waals surface area contributed by atoms with Gasteiger partial charge in [-0.15, -0.1) is 0 Å². The fourth-order valence-electron chi connectivity index (χ4n) is 1.68. The van der Waals surface area contributed by atoms with E-state index in [1.165, 1.54) is 0 Å². The van der Waals surface area contributed by atoms with Gasteiger partial charge in [-0.05, 0) is 18.1 Å². The third kappa shape index (κ3) is 4.52. The minimum absolute atomic E-state index is 0.0593. The molecule has 17 heavy (non-hydrogen) atoms. The normalized spacial score (nSPS) is 13.8. The summed E-state index contributed by atoms with van der Waals surface area (Å²) in [6.45, 7) is 4.28. The van der Waals surface area contributed by atoms with Crippen molar-refractivity contribution in [2.24, 2.45) is 5.73 Å². The Morgan fingerprint density at radius 3 is 2.71 bits per heavy atom. The summed E-state index contributed by atoms with van der Waals surface area (Å²) in [6, 6.07) is 2.03. The highest BCUT2D eigenvalue weighted by molar-refractivity contribution is 7.91. The molecule has 0 aliphatic heterocycles. The standard InChI is InChI=1S/C12H22N2O2S/c1-3-5-12(13)11-6-7-14(10-11)8-9-17(15,16)4-2/h6-7,10,12H,3-5,8-9,13H2,1-2H3. The Hall–Kier alpha value is -0.810. The lowest BCUT2D eigenvalue weighted by atomic mass is 10.1. The summed E-state index contributed by atoms with van der Waals surface area (Å²) in [5, 5.41) is 0. The van der Waals surface area contributed by atoms with Gasteiger partial charge in [0.1, 0.15) is 0 Å². The fraction of sp³-hybridized carbons (Fsp3) is 0.667. The first-order chi connectivity index (χ1) is 7.98. The Kier molecular flexibility index (Phi) is 5.21. The molecule has 0 aliphatic rings. The Bertz CT molecular complexity index is 437. The quantitative estimate of drug-likeness (QED) is 0.810. The van der Waals surface area contributed by atoms with Crippen LogP contribution < -0.4 is 5.73 Å². The molecule has 1 atom stereocenters. The van der Waals surface area contributed by atoms with Crippen molar-refractivity contribution in [2.75, 3.05) is 11.5 Å². The van der Waals surface area contributed by atoms with Crippen LogP contribution in [0.5, 0.6) is 0 Å². The van der Waals surface area contributed by atoms with Gasteiger partial charge in [0.15, 0.2) is 9.84 Å². The third-order valence-corrected chi connectivity index (χ3v) is 4.59. The number of hydrogen-bond acceptors (Lipinski definition) is 3. The topological polar surface area (TPSA) is 65.1 Å². The maximum atomic E-state index is 11.4. The van der Waals surface area contributed by atoms with E-state index in [-0.39, 0.29) is 17.5 Å². The Morgan fingerprint density at radius 1 is 1.41 bits per heavy atom. The highest BCUT2D eigenvalue weighted by Crippen LogP contribution is 2.15. The van der Waals surface area contributed by atoms with E-state index in [0.29, 0.717) is 6.54 Å². The molecule has 1 rings (SSSR count). The van der Waals surface area contributed by atoms with Crippen LogP contribution in [0.15, 0.2) is 18.5 Å². The number of aromatic nitrogens is 1. The molecule has 4 nitrogen and oxygen atoms in total. The Morgan fingerprint density at radius 2 is 2.12 bits per heavy atom. The van der Waals surface area contributed by atoms with Crippen LogP contribution in [0.2, 0.25) is 0 Å². The molecular weight excluding hydrogens is 236 g/mol. The number of aryl methyl sites for hydroxylation is 1. The van der Waals surface area contributed by atoms with Crippen LogP contribution >= 0.6 is 0 Å². The Labute approximate surface area is 104 Å². The zero-order valence-corrected chi connectivity index (χ0v) is 11.4. The van der Waals surface area contributed by atoms with Gasteiger partial charge in [-0.25, -0.2) is 8.42 Å². The summed E-state index contributed by atoms with van der Waals surface area (Å²) in [7, 11) is -2.89. The number of hydrogen-bond donors (Lipinski definition) is 1. The van der Waals surface area contributed by atoms with Crippen molar-refractivity contribution in [3.05, 3.63) is 24.0 Å². The van der Waals surface area contributed by atoms with Gasteiger partial charge in [0.25, 0.3) is 0 Å². The molecule has 0 saturated carbocycles. The first-order valence-electron chi connectivity index (χ1n) is 6.10. The summed E-state index contributed by atoms with van der Waals surface area (Å²) in [4.78, 5) is 0. The van der Waals surface area contributed by atoms with Crippen molar-refractivity contribution in [1.29, 1.82) is 0 Å². The van der Waals surface area contributed by atoms with Crippen molar-refractivity contribution in [3.63, 3.8) is 0 Å². The molecule has 0 aliphatic carbocycles. The van der Waals surface area contributed by atoms with Crippen LogP contribution in [0.3, 0.4) is 0 Å². The summed E-state index contributed by atoms with van der Waals surface area (Å²) in [5.41, 5.74) is 7.08. The van der Waals surface area contributed by atoms with E-state index in [2.05, 4.69) is 6.92 Å². The van der Waals surface area contributed by atoms with Crippen LogP contribution in [0.4, 0.5) is 0 Å². The lowest BCUT2D eigenvalue weighted by Crippen LogP contribution is -2.14. The maximum Gasteiger partial charge on any atom is 0.151 e. The van der Waals surface area contributed by atoms with Gasteiger partial charge in [-0.3, -0.25) is 0 Å². The molecule has 0 saturated heterocycles. The first-order valence-corrected chi connectivity index (χ1v) is 7.92. The maximum absolute atomic E-state index is 11.4. The van der Waals surface area contributed by atoms with E-state index in [9.17, 15) is 8.42 Å². The molecular formula is C12H22N2O2S. The predicted octanol–water partition coefficient (Wildman–Crippen LogP) is 1.72. The van der Waals surface area contributed by atoms with E-state index in [4.69, 9.17) is 5.73 Å². The zero-order chi connectivity index (χ0) is 12.9. The second-order valence-electron chi connectivity index (χ2n) is 4.31. The highest BCUT2D eigenvalue weighted by Gasteiger charge is 2.09. The molecule has 0 aromatic carbocycles. The molecule has 0 bridgehead atoms. The molecule has 0 spiro atoms. The molecule has 5 heteroatoms. The minimum atomic E-state index is -2.89. The van der Waals surface area contributed by atoms with E-state index >= 15 is 0 Å². The van der Waals surface area contributed by atoms with Crippen LogP contribution in [0.25, 0.3) is 0 Å². The van der Waals surface area contributed by atoms with Gasteiger partial charge in [-0.2, -0.15) is 0 Å². The van der Waals surface area contributed by atoms with Gasteiger partial charge in [0.2, 0.25) is 0 Å². The van der Waals surface area contributed by atoms with Crippen molar-refractivity contribution >= 4 is 9.84 Å². The molecule has 1 unspecified atom stereocenters. The van der Waals surface area contributed by atoms with Crippen LogP contribution in [0, 0.1) is 0 Å². The number of nitrogens with two attached hydrogens (primary N) is 1. The molecule has 1 aromatic heterocycles. The van der Waals surface area contributed by atoms with Gasteiger partial charge < -0.3 is 10.3 Å². The van der Waals surface area contributed by atoms with Crippen molar-refractivity contribution in [3.8, 4) is 0 Å². The van der Waals surface area contributed by atoms with Crippen LogP contribution in [-0.2, 0) is 16.4 Å². The average Bonchev–Trinajstić information content (AvgIpc) is 2.76. The summed E-state index contributed by atoms with van der Waals surface area (Å²) in [5.74, 6) is 0.400. The largest absolute Gasteiger partial charge is 0.353 e. The summed E-state index contributed by atoms with van der Waals surface area (Å²) < 4.78 is 24.7. The molecule has 98 valence electrons. The molecule has 0 radical (unpaired) electrons. The lowest BCUT2D eigenvalue weighted by Gasteiger charge is -2.07. The second kappa shape index (κ2) is 6.21. The molecule has 2 N–H and O–H groups in total. The van der Waals surface area contributed by atoms with Crippen LogP contribution in [0.1, 0.15) is 38.3 Å². The van der Waals surface area contributed by atoms with Gasteiger partial charge in [0, 0.05) is 30.7 Å². The fourth-order valence-corrected chi connectivity index (χ4v) is 2.46.